The molecule has 0 atom stereocenters. The highest BCUT2D eigenvalue weighted by molar-refractivity contribution is 4.90. The van der Waals surface area contributed by atoms with Crippen molar-refractivity contribution in [1.82, 2.24) is 15.0 Å². The Hall–Kier alpha value is -0.900. The third kappa shape index (κ3) is 17.7. The Labute approximate surface area is 158 Å². The zero-order chi connectivity index (χ0) is 20.5. The van der Waals surface area contributed by atoms with Crippen LogP contribution in [-0.2, 0) is 17.7 Å². The summed E-state index contributed by atoms with van der Waals surface area (Å²) in [4.78, 5) is 0. The average molecular weight is 358 g/mol. The number of ether oxygens (including phenoxy) is 1. The van der Waals surface area contributed by atoms with E-state index in [2.05, 4.69) is 51.9 Å². The lowest BCUT2D eigenvalue weighted by molar-refractivity contribution is -0.0360. The average Bonchev–Trinajstić information content (AvgIpc) is 3.05. The molecule has 1 rings (SSSR count). The number of hydrogen-bond acceptors (Lipinski definition) is 3. The molecule has 0 saturated heterocycles. The monoisotopic (exact) mass is 357 g/mol. The Morgan fingerprint density at radius 1 is 0.920 bits per heavy atom. The van der Waals surface area contributed by atoms with Crippen molar-refractivity contribution < 1.29 is 4.74 Å². The van der Waals surface area contributed by atoms with E-state index in [1.165, 1.54) is 0 Å². The van der Waals surface area contributed by atoms with E-state index in [0.29, 0.717) is 5.41 Å². The van der Waals surface area contributed by atoms with Gasteiger partial charge in [-0.15, -0.1) is 5.10 Å². The second-order valence-corrected chi connectivity index (χ2v) is 7.00. The number of rotatable bonds is 7. The third-order valence-corrected chi connectivity index (χ3v) is 3.24. The van der Waals surface area contributed by atoms with Crippen LogP contribution in [0.4, 0.5) is 0 Å². The van der Waals surface area contributed by atoms with Crippen molar-refractivity contribution in [2.45, 2.75) is 114 Å². The van der Waals surface area contributed by atoms with Crippen LogP contribution >= 0.6 is 0 Å². The van der Waals surface area contributed by atoms with E-state index in [4.69, 9.17) is 4.74 Å². The van der Waals surface area contributed by atoms with Crippen LogP contribution in [-0.4, -0.2) is 27.2 Å². The summed E-state index contributed by atoms with van der Waals surface area (Å²) in [6.07, 6.45) is 4.99. The lowest BCUT2D eigenvalue weighted by Crippen LogP contribution is -2.28. The van der Waals surface area contributed by atoms with Gasteiger partial charge in [-0.2, -0.15) is 0 Å². The van der Waals surface area contributed by atoms with E-state index in [-0.39, 0.29) is 5.60 Å². The summed E-state index contributed by atoms with van der Waals surface area (Å²) < 4.78 is 7.91. The highest BCUT2D eigenvalue weighted by atomic mass is 16.5. The molecule has 0 aliphatic rings. The molecule has 0 fully saturated rings. The Bertz CT molecular complexity index is 379. The first-order valence-corrected chi connectivity index (χ1v) is 10.2. The molecule has 0 aliphatic carbocycles. The first kappa shape index (κ1) is 28.9. The molecule has 0 radical (unpaired) electrons. The van der Waals surface area contributed by atoms with Gasteiger partial charge in [-0.1, -0.05) is 74.5 Å². The summed E-state index contributed by atoms with van der Waals surface area (Å²) in [6.45, 7) is 26.8. The van der Waals surface area contributed by atoms with Crippen molar-refractivity contribution in [3.8, 4) is 0 Å². The molecule has 0 aliphatic heterocycles. The van der Waals surface area contributed by atoms with Gasteiger partial charge < -0.3 is 4.74 Å². The second-order valence-electron chi connectivity index (χ2n) is 7.00. The minimum atomic E-state index is -0.108. The Morgan fingerprint density at radius 2 is 1.44 bits per heavy atom. The van der Waals surface area contributed by atoms with Gasteiger partial charge in [0.15, 0.2) is 0 Å². The largest absolute Gasteiger partial charge is 0.375 e. The topological polar surface area (TPSA) is 39.9 Å². The van der Waals surface area contributed by atoms with Crippen LogP contribution in [0.3, 0.4) is 0 Å². The molecular weight excluding hydrogens is 310 g/mol. The van der Waals surface area contributed by atoms with Gasteiger partial charge >= 0.3 is 0 Å². The molecule has 1 heterocycles. The number of aromatic nitrogens is 3. The van der Waals surface area contributed by atoms with Crippen LogP contribution in [0.25, 0.3) is 0 Å². The molecule has 0 amide bonds. The number of hydrogen-bond donors (Lipinski definition) is 0. The molecule has 4 heteroatoms. The Morgan fingerprint density at radius 3 is 1.84 bits per heavy atom. The minimum Gasteiger partial charge on any atom is -0.375 e. The molecule has 0 unspecified atom stereocenters. The Balaban J connectivity index is -0.000000725. The van der Waals surface area contributed by atoms with Gasteiger partial charge in [-0.25, -0.2) is 0 Å². The van der Waals surface area contributed by atoms with Crippen LogP contribution in [0.1, 0.15) is 102 Å². The summed E-state index contributed by atoms with van der Waals surface area (Å²) in [5.41, 5.74) is 1.27. The molecule has 25 heavy (non-hydrogen) atoms. The molecule has 0 saturated carbocycles. The fourth-order valence-electron chi connectivity index (χ4n) is 1.70. The summed E-state index contributed by atoms with van der Waals surface area (Å²) in [6, 6.07) is 0. The van der Waals surface area contributed by atoms with E-state index < -0.39 is 0 Å². The van der Waals surface area contributed by atoms with E-state index >= 15 is 0 Å². The van der Waals surface area contributed by atoms with Gasteiger partial charge in [0.25, 0.3) is 0 Å². The molecule has 1 aromatic heterocycles. The van der Waals surface area contributed by atoms with Crippen molar-refractivity contribution in [1.29, 1.82) is 0 Å². The first-order valence-electron chi connectivity index (χ1n) is 10.2. The van der Waals surface area contributed by atoms with Crippen molar-refractivity contribution in [3.63, 3.8) is 0 Å². The molecule has 0 aromatic carbocycles. The predicted molar refractivity (Wildman–Crippen MR) is 112 cm³/mol. The summed E-state index contributed by atoms with van der Waals surface area (Å²) in [5.74, 6) is 0. The SMILES string of the molecule is CC.CC.CC.CCc1cn(CCC(C)(C)OCCC(C)(C)C)nn1. The van der Waals surface area contributed by atoms with E-state index in [0.717, 1.165) is 38.1 Å². The predicted octanol–water partition coefficient (Wildman–Crippen LogP) is 6.54. The summed E-state index contributed by atoms with van der Waals surface area (Å²) >= 11 is 0. The normalized spacial score (nSPS) is 10.6. The third-order valence-electron chi connectivity index (χ3n) is 3.24. The molecule has 0 bridgehead atoms. The highest BCUT2D eigenvalue weighted by Gasteiger charge is 2.20. The maximum atomic E-state index is 6.00. The van der Waals surface area contributed by atoms with Gasteiger partial charge in [0.05, 0.1) is 11.3 Å². The van der Waals surface area contributed by atoms with Gasteiger partial charge in [0.1, 0.15) is 0 Å². The number of nitrogens with zero attached hydrogens (tertiary/aromatic N) is 3. The Kier molecular flexibility index (Phi) is 19.1. The molecular formula is C21H47N3O. The zero-order valence-electron chi connectivity index (χ0n) is 19.4. The fraction of sp³-hybridized carbons (Fsp3) is 0.905. The van der Waals surface area contributed by atoms with Crippen molar-refractivity contribution in [2.24, 2.45) is 5.41 Å². The lowest BCUT2D eigenvalue weighted by Gasteiger charge is -2.27. The summed E-state index contributed by atoms with van der Waals surface area (Å²) in [5, 5.41) is 8.22. The zero-order valence-corrected chi connectivity index (χ0v) is 19.4. The molecule has 1 aromatic rings. The number of aryl methyl sites for hydroxylation is 2. The van der Waals surface area contributed by atoms with Crippen molar-refractivity contribution in [3.05, 3.63) is 11.9 Å². The molecule has 152 valence electrons. The van der Waals surface area contributed by atoms with E-state index in [9.17, 15) is 0 Å². The lowest BCUT2D eigenvalue weighted by atomic mass is 9.93. The van der Waals surface area contributed by atoms with Gasteiger partial charge in [-0.3, -0.25) is 4.68 Å². The maximum absolute atomic E-state index is 6.00. The highest BCUT2D eigenvalue weighted by Crippen LogP contribution is 2.22. The van der Waals surface area contributed by atoms with E-state index in [1.54, 1.807) is 0 Å². The molecule has 4 nitrogen and oxygen atoms in total. The standard InChI is InChI=1S/C15H29N3O.3C2H6/c1-7-13-12-18(17-16-13)10-8-15(5,6)19-11-9-14(2,3)4;3*1-2/h12H,7-11H2,1-6H3;3*1-2H3. The van der Waals surface area contributed by atoms with Crippen LogP contribution < -0.4 is 0 Å². The maximum Gasteiger partial charge on any atom is 0.0824 e. The summed E-state index contributed by atoms with van der Waals surface area (Å²) in [7, 11) is 0. The van der Waals surface area contributed by atoms with Gasteiger partial charge in [0, 0.05) is 19.3 Å². The van der Waals surface area contributed by atoms with Gasteiger partial charge in [0.2, 0.25) is 0 Å². The molecule has 0 N–H and O–H groups in total. The van der Waals surface area contributed by atoms with Crippen LogP contribution in [0, 0.1) is 5.41 Å². The van der Waals surface area contributed by atoms with Crippen LogP contribution in [0.5, 0.6) is 0 Å². The second kappa shape index (κ2) is 16.6. The minimum absolute atomic E-state index is 0.108. The smallest absolute Gasteiger partial charge is 0.0824 e. The van der Waals surface area contributed by atoms with Crippen molar-refractivity contribution in [2.75, 3.05) is 6.61 Å². The molecule has 0 spiro atoms. The fourth-order valence-corrected chi connectivity index (χ4v) is 1.70. The van der Waals surface area contributed by atoms with Crippen LogP contribution in [0.2, 0.25) is 0 Å². The van der Waals surface area contributed by atoms with E-state index in [1.807, 2.05) is 52.4 Å². The van der Waals surface area contributed by atoms with Crippen LogP contribution in [0.15, 0.2) is 6.20 Å². The quantitative estimate of drug-likeness (QED) is 0.556. The van der Waals surface area contributed by atoms with Gasteiger partial charge in [-0.05, 0) is 38.5 Å². The first-order chi connectivity index (χ1) is 11.7. The van der Waals surface area contributed by atoms with Crippen molar-refractivity contribution >= 4 is 0 Å².